The van der Waals surface area contributed by atoms with Crippen molar-refractivity contribution in [2.45, 2.75) is 77.6 Å². The summed E-state index contributed by atoms with van der Waals surface area (Å²) in [7, 11) is 3.28. The highest BCUT2D eigenvalue weighted by Crippen LogP contribution is 2.24. The Morgan fingerprint density at radius 1 is 0.769 bits per heavy atom. The molecular formula is C21H31N3O2. The number of nitrogens with zero attached hydrogens (tertiary/aromatic N) is 3. The van der Waals surface area contributed by atoms with Crippen LogP contribution in [0.1, 0.15) is 74.6 Å². The average molecular weight is 357 g/mol. The number of fused-ring (bicyclic) bond motifs is 4. The highest BCUT2D eigenvalue weighted by molar-refractivity contribution is 5.80. The summed E-state index contributed by atoms with van der Waals surface area (Å²) in [6.07, 6.45) is 13.0. The number of hydrogen-bond acceptors (Lipinski definition) is 3. The minimum atomic E-state index is -0.301. The standard InChI is InChI=1S/C21H31N3O2/c1-15-16-13-11-9-7-5-4-6-8-10-12-14-17(15)22-19-18(16)20(25)24(3)21(26)23(19)2/h4-14H2,1-3H3. The normalized spacial score (nSPS) is 17.2. The van der Waals surface area contributed by atoms with E-state index in [0.29, 0.717) is 11.0 Å². The van der Waals surface area contributed by atoms with E-state index in [1.807, 2.05) is 0 Å². The number of aryl methyl sites for hydroxylation is 3. The summed E-state index contributed by atoms with van der Waals surface area (Å²) in [5, 5.41) is 0.642. The van der Waals surface area contributed by atoms with Gasteiger partial charge in [-0.25, -0.2) is 9.78 Å². The lowest BCUT2D eigenvalue weighted by atomic mass is 9.95. The monoisotopic (exact) mass is 357 g/mol. The van der Waals surface area contributed by atoms with Crippen LogP contribution in [0.25, 0.3) is 11.0 Å². The van der Waals surface area contributed by atoms with Crippen molar-refractivity contribution in [3.8, 4) is 0 Å². The van der Waals surface area contributed by atoms with Crippen molar-refractivity contribution < 1.29 is 0 Å². The molecule has 0 N–H and O–H groups in total. The number of hydrogen-bond donors (Lipinski definition) is 0. The first-order valence-electron chi connectivity index (χ1n) is 10.1. The fourth-order valence-corrected chi connectivity index (χ4v) is 4.19. The van der Waals surface area contributed by atoms with Gasteiger partial charge in [0.25, 0.3) is 5.56 Å². The Hall–Kier alpha value is -1.91. The molecule has 0 saturated carbocycles. The van der Waals surface area contributed by atoms with Gasteiger partial charge in [-0.05, 0) is 43.7 Å². The summed E-state index contributed by atoms with van der Waals surface area (Å²) in [6.45, 7) is 2.10. The summed E-state index contributed by atoms with van der Waals surface area (Å²) in [6, 6.07) is 0. The maximum Gasteiger partial charge on any atom is 0.332 e. The largest absolute Gasteiger partial charge is 0.332 e. The van der Waals surface area contributed by atoms with Gasteiger partial charge in [-0.3, -0.25) is 13.9 Å². The fourth-order valence-electron chi connectivity index (χ4n) is 4.19. The SMILES string of the molecule is Cc1c2nc3c(c1CCCCCCCCCCC2)c(=O)n(C)c(=O)n3C. The molecule has 0 amide bonds. The molecule has 1 aliphatic carbocycles. The van der Waals surface area contributed by atoms with E-state index in [2.05, 4.69) is 6.92 Å². The third-order valence-electron chi connectivity index (χ3n) is 5.90. The van der Waals surface area contributed by atoms with Gasteiger partial charge in [0.15, 0.2) is 0 Å². The lowest BCUT2D eigenvalue weighted by Crippen LogP contribution is -2.38. The van der Waals surface area contributed by atoms with Crippen LogP contribution < -0.4 is 11.2 Å². The molecule has 5 nitrogen and oxygen atoms in total. The van der Waals surface area contributed by atoms with E-state index >= 15 is 0 Å². The average Bonchev–Trinajstić information content (AvgIpc) is 2.63. The van der Waals surface area contributed by atoms with Gasteiger partial charge in [-0.1, -0.05) is 44.9 Å². The van der Waals surface area contributed by atoms with Crippen LogP contribution >= 0.6 is 0 Å². The van der Waals surface area contributed by atoms with Crippen LogP contribution in [0.2, 0.25) is 0 Å². The van der Waals surface area contributed by atoms with E-state index in [-0.39, 0.29) is 11.2 Å². The van der Waals surface area contributed by atoms with Gasteiger partial charge in [0.1, 0.15) is 5.65 Å². The Kier molecular flexibility index (Phi) is 5.94. The molecule has 0 aliphatic heterocycles. The summed E-state index contributed by atoms with van der Waals surface area (Å²) >= 11 is 0. The summed E-state index contributed by atoms with van der Waals surface area (Å²) < 4.78 is 2.75. The van der Waals surface area contributed by atoms with Crippen molar-refractivity contribution >= 4 is 11.0 Å². The first kappa shape index (κ1) is 18.9. The van der Waals surface area contributed by atoms with Gasteiger partial charge in [0, 0.05) is 19.8 Å². The van der Waals surface area contributed by atoms with Crippen LogP contribution in [0.3, 0.4) is 0 Å². The van der Waals surface area contributed by atoms with E-state index in [9.17, 15) is 9.59 Å². The number of pyridine rings is 1. The first-order chi connectivity index (χ1) is 12.5. The molecule has 2 heterocycles. The van der Waals surface area contributed by atoms with Crippen LogP contribution in [0, 0.1) is 6.92 Å². The molecule has 0 fully saturated rings. The molecule has 0 aromatic carbocycles. The molecule has 0 saturated heterocycles. The quantitative estimate of drug-likeness (QED) is 0.724. The lowest BCUT2D eigenvalue weighted by Gasteiger charge is -2.17. The van der Waals surface area contributed by atoms with Crippen LogP contribution in [0.15, 0.2) is 9.59 Å². The Morgan fingerprint density at radius 2 is 1.31 bits per heavy atom. The number of aromatic nitrogens is 3. The molecular weight excluding hydrogens is 326 g/mol. The molecule has 0 radical (unpaired) electrons. The van der Waals surface area contributed by atoms with E-state index in [4.69, 9.17) is 4.98 Å². The van der Waals surface area contributed by atoms with Crippen molar-refractivity contribution in [1.82, 2.24) is 14.1 Å². The molecule has 2 aromatic rings. The maximum atomic E-state index is 12.9. The molecule has 142 valence electrons. The van der Waals surface area contributed by atoms with Crippen molar-refractivity contribution in [3.05, 3.63) is 37.7 Å². The fraction of sp³-hybridized carbons (Fsp3) is 0.667. The van der Waals surface area contributed by atoms with Gasteiger partial charge in [0.05, 0.1) is 5.39 Å². The Labute approximate surface area is 155 Å². The smallest absolute Gasteiger partial charge is 0.280 e. The lowest BCUT2D eigenvalue weighted by molar-refractivity contribution is 0.554. The second kappa shape index (κ2) is 8.19. The van der Waals surface area contributed by atoms with E-state index in [1.54, 1.807) is 14.1 Å². The maximum absolute atomic E-state index is 12.9. The van der Waals surface area contributed by atoms with Crippen LogP contribution in [0.4, 0.5) is 0 Å². The zero-order valence-corrected chi connectivity index (χ0v) is 16.4. The summed E-state index contributed by atoms with van der Waals surface area (Å²) in [5.41, 5.74) is 3.38. The van der Waals surface area contributed by atoms with Gasteiger partial charge >= 0.3 is 5.69 Å². The predicted molar refractivity (Wildman–Crippen MR) is 106 cm³/mol. The minimum Gasteiger partial charge on any atom is -0.280 e. The third kappa shape index (κ3) is 3.62. The van der Waals surface area contributed by atoms with Crippen molar-refractivity contribution in [3.63, 3.8) is 0 Å². The zero-order chi connectivity index (χ0) is 18.7. The first-order valence-corrected chi connectivity index (χ1v) is 10.1. The highest BCUT2D eigenvalue weighted by Gasteiger charge is 2.18. The molecule has 0 atom stereocenters. The van der Waals surface area contributed by atoms with Crippen LogP contribution in [0.5, 0.6) is 0 Å². The Balaban J connectivity index is 2.17. The summed E-state index contributed by atoms with van der Waals surface area (Å²) in [4.78, 5) is 30.0. The van der Waals surface area contributed by atoms with Crippen molar-refractivity contribution in [2.75, 3.05) is 0 Å². The van der Waals surface area contributed by atoms with E-state index in [0.717, 1.165) is 42.5 Å². The van der Waals surface area contributed by atoms with Gasteiger partial charge in [-0.15, -0.1) is 0 Å². The Bertz CT molecular complexity index is 908. The summed E-state index contributed by atoms with van der Waals surface area (Å²) in [5.74, 6) is 0. The molecule has 3 rings (SSSR count). The highest BCUT2D eigenvalue weighted by atomic mass is 16.2. The van der Waals surface area contributed by atoms with Crippen LogP contribution in [-0.4, -0.2) is 14.1 Å². The molecule has 0 spiro atoms. The molecule has 0 unspecified atom stereocenters. The molecule has 26 heavy (non-hydrogen) atoms. The molecule has 5 heteroatoms. The van der Waals surface area contributed by atoms with E-state index < -0.39 is 0 Å². The second-order valence-corrected chi connectivity index (χ2v) is 7.75. The van der Waals surface area contributed by atoms with E-state index in [1.165, 1.54) is 54.1 Å². The zero-order valence-electron chi connectivity index (χ0n) is 16.4. The second-order valence-electron chi connectivity index (χ2n) is 7.75. The van der Waals surface area contributed by atoms with Crippen molar-refractivity contribution in [1.29, 1.82) is 0 Å². The minimum absolute atomic E-state index is 0.207. The van der Waals surface area contributed by atoms with Crippen LogP contribution in [-0.2, 0) is 26.9 Å². The van der Waals surface area contributed by atoms with Gasteiger partial charge < -0.3 is 0 Å². The molecule has 1 aliphatic rings. The molecule has 2 aromatic heterocycles. The number of rotatable bonds is 0. The predicted octanol–water partition coefficient (Wildman–Crippen LogP) is 3.55. The molecule has 2 bridgehead atoms. The third-order valence-corrected chi connectivity index (χ3v) is 5.90. The van der Waals surface area contributed by atoms with Crippen molar-refractivity contribution in [2.24, 2.45) is 14.1 Å². The topological polar surface area (TPSA) is 56.9 Å². The van der Waals surface area contributed by atoms with Gasteiger partial charge in [-0.2, -0.15) is 0 Å². The van der Waals surface area contributed by atoms with Gasteiger partial charge in [0.2, 0.25) is 0 Å². The Morgan fingerprint density at radius 3 is 1.92 bits per heavy atom.